The van der Waals surface area contributed by atoms with E-state index in [9.17, 15) is 0 Å². The summed E-state index contributed by atoms with van der Waals surface area (Å²) in [5, 5.41) is 2.49. The maximum absolute atomic E-state index is 2.49. The first-order valence-electron chi connectivity index (χ1n) is 18.9. The molecule has 0 saturated heterocycles. The van der Waals surface area contributed by atoms with E-state index in [4.69, 9.17) is 0 Å². The Hall–Kier alpha value is -6.64. The Morgan fingerprint density at radius 1 is 0.370 bits per heavy atom. The predicted octanol–water partition coefficient (Wildman–Crippen LogP) is 13.3. The molecule has 0 spiro atoms. The van der Waals surface area contributed by atoms with E-state index >= 15 is 0 Å². The van der Waals surface area contributed by atoms with Crippen LogP contribution in [0.1, 0.15) is 47.2 Å². The monoisotopic (exact) mass is 692 g/mol. The number of fused-ring (bicyclic) bond motifs is 5. The SMILES string of the molecule is CC1(C)c2ccccc2N(c2ccccc2)c2ccc(-n3c4ccccc4c4ccc(C(c5ccccc5)(c5ccccc5)c5ccccc5)cc43)cc21. The van der Waals surface area contributed by atoms with Gasteiger partial charge in [0.25, 0.3) is 0 Å². The summed E-state index contributed by atoms with van der Waals surface area (Å²) in [7, 11) is 0. The molecule has 54 heavy (non-hydrogen) atoms. The van der Waals surface area contributed by atoms with E-state index in [0.717, 1.165) is 11.4 Å². The third kappa shape index (κ3) is 4.73. The molecule has 0 bridgehead atoms. The van der Waals surface area contributed by atoms with Crippen molar-refractivity contribution < 1.29 is 0 Å². The molecule has 1 aliphatic rings. The lowest BCUT2D eigenvalue weighted by Gasteiger charge is -2.42. The minimum absolute atomic E-state index is 0.222. The van der Waals surface area contributed by atoms with E-state index in [1.165, 1.54) is 66.6 Å². The second kappa shape index (κ2) is 12.5. The summed E-state index contributed by atoms with van der Waals surface area (Å²) in [5.41, 5.74) is 13.9. The van der Waals surface area contributed by atoms with Gasteiger partial charge in [0.05, 0.1) is 27.8 Å². The van der Waals surface area contributed by atoms with Crippen LogP contribution >= 0.6 is 0 Å². The summed E-state index contributed by atoms with van der Waals surface area (Å²) in [6.07, 6.45) is 0. The van der Waals surface area contributed by atoms with E-state index < -0.39 is 5.41 Å². The van der Waals surface area contributed by atoms with E-state index in [1.54, 1.807) is 0 Å². The highest BCUT2D eigenvalue weighted by Gasteiger charge is 2.40. The van der Waals surface area contributed by atoms with Crippen molar-refractivity contribution in [3.05, 3.63) is 240 Å². The maximum atomic E-state index is 2.49. The van der Waals surface area contributed by atoms with E-state index in [1.807, 2.05) is 0 Å². The minimum Gasteiger partial charge on any atom is -0.310 e. The fourth-order valence-corrected chi connectivity index (χ4v) is 9.23. The summed E-state index contributed by atoms with van der Waals surface area (Å²) in [6, 6.07) is 75.7. The van der Waals surface area contributed by atoms with Crippen molar-refractivity contribution in [2.24, 2.45) is 0 Å². The van der Waals surface area contributed by atoms with Gasteiger partial charge in [-0.05, 0) is 81.9 Å². The smallest absolute Gasteiger partial charge is 0.0702 e. The van der Waals surface area contributed by atoms with Crippen molar-refractivity contribution in [3.8, 4) is 5.69 Å². The van der Waals surface area contributed by atoms with Gasteiger partial charge in [-0.3, -0.25) is 0 Å². The van der Waals surface area contributed by atoms with Gasteiger partial charge in [-0.15, -0.1) is 0 Å². The van der Waals surface area contributed by atoms with Crippen LogP contribution in [0, 0.1) is 0 Å². The van der Waals surface area contributed by atoms with Crippen molar-refractivity contribution in [1.29, 1.82) is 0 Å². The van der Waals surface area contributed by atoms with Gasteiger partial charge in [-0.1, -0.05) is 172 Å². The lowest BCUT2D eigenvalue weighted by atomic mass is 9.65. The molecule has 0 unspecified atom stereocenters. The van der Waals surface area contributed by atoms with E-state index in [2.05, 4.69) is 230 Å². The Balaban J connectivity index is 1.26. The molecule has 0 atom stereocenters. The number of nitrogens with zero attached hydrogens (tertiary/aromatic N) is 2. The van der Waals surface area contributed by atoms with Crippen LogP contribution in [0.4, 0.5) is 17.1 Å². The van der Waals surface area contributed by atoms with Gasteiger partial charge in [-0.2, -0.15) is 0 Å². The molecule has 258 valence electrons. The first-order chi connectivity index (χ1) is 26.6. The molecule has 1 aromatic heterocycles. The zero-order valence-electron chi connectivity index (χ0n) is 30.5. The van der Waals surface area contributed by atoms with Crippen LogP contribution in [-0.4, -0.2) is 4.57 Å². The summed E-state index contributed by atoms with van der Waals surface area (Å²) in [5.74, 6) is 0. The zero-order valence-corrected chi connectivity index (χ0v) is 30.5. The maximum Gasteiger partial charge on any atom is 0.0702 e. The molecule has 0 aliphatic carbocycles. The minimum atomic E-state index is -0.545. The van der Waals surface area contributed by atoms with Crippen LogP contribution in [-0.2, 0) is 10.8 Å². The topological polar surface area (TPSA) is 8.17 Å². The molecular formula is C52H40N2. The van der Waals surface area contributed by atoms with Gasteiger partial charge >= 0.3 is 0 Å². The Bertz CT molecular complexity index is 2680. The second-order valence-corrected chi connectivity index (χ2v) is 14.9. The van der Waals surface area contributed by atoms with Gasteiger partial charge in [0.2, 0.25) is 0 Å². The molecule has 0 saturated carbocycles. The summed E-state index contributed by atoms with van der Waals surface area (Å²) in [4.78, 5) is 2.43. The molecule has 8 aromatic carbocycles. The van der Waals surface area contributed by atoms with Gasteiger partial charge in [-0.25, -0.2) is 0 Å². The fraction of sp³-hybridized carbons (Fsp3) is 0.0769. The van der Waals surface area contributed by atoms with Crippen molar-refractivity contribution >= 4 is 38.9 Å². The first kappa shape index (κ1) is 32.0. The van der Waals surface area contributed by atoms with Crippen LogP contribution in [0.25, 0.3) is 27.5 Å². The fourth-order valence-electron chi connectivity index (χ4n) is 9.23. The van der Waals surface area contributed by atoms with Crippen LogP contribution in [0.5, 0.6) is 0 Å². The Labute approximate surface area is 317 Å². The summed E-state index contributed by atoms with van der Waals surface area (Å²) < 4.78 is 2.49. The average Bonchev–Trinajstić information content (AvgIpc) is 3.57. The first-order valence-corrected chi connectivity index (χ1v) is 18.9. The standard InChI is InChI=1S/C52H40N2/c1-51(2)45-28-16-18-30-48(45)53(41-25-13-6-14-26-41)49-34-32-42(36-46(49)51)54-47-29-17-15-27-43(47)44-33-31-40(35-50(44)54)52(37-19-7-3-8-20-37,38-21-9-4-10-22-38)39-23-11-5-12-24-39/h3-36H,1-2H3. The molecule has 0 N–H and O–H groups in total. The van der Waals surface area contributed by atoms with Gasteiger partial charge in [0, 0.05) is 27.6 Å². The quantitative estimate of drug-likeness (QED) is 0.158. The summed E-state index contributed by atoms with van der Waals surface area (Å²) >= 11 is 0. The van der Waals surface area contributed by atoms with E-state index in [0.29, 0.717) is 0 Å². The second-order valence-electron chi connectivity index (χ2n) is 14.9. The lowest BCUT2D eigenvalue weighted by molar-refractivity contribution is 0.631. The molecule has 2 heteroatoms. The molecule has 9 aromatic rings. The third-order valence-electron chi connectivity index (χ3n) is 11.7. The van der Waals surface area contributed by atoms with Gasteiger partial charge < -0.3 is 9.47 Å². The van der Waals surface area contributed by atoms with Crippen LogP contribution in [0.3, 0.4) is 0 Å². The average molecular weight is 693 g/mol. The molecule has 1 aliphatic heterocycles. The summed E-state index contributed by atoms with van der Waals surface area (Å²) in [6.45, 7) is 4.74. The molecule has 2 nitrogen and oxygen atoms in total. The number of para-hydroxylation sites is 3. The highest BCUT2D eigenvalue weighted by Crippen LogP contribution is 2.53. The third-order valence-corrected chi connectivity index (χ3v) is 11.7. The highest BCUT2D eigenvalue weighted by atomic mass is 15.2. The molecular weight excluding hydrogens is 653 g/mol. The molecule has 0 amide bonds. The number of benzene rings is 8. The number of anilines is 3. The van der Waals surface area contributed by atoms with Gasteiger partial charge in [0.15, 0.2) is 0 Å². The molecule has 2 heterocycles. The highest BCUT2D eigenvalue weighted by molar-refractivity contribution is 6.09. The van der Waals surface area contributed by atoms with Gasteiger partial charge in [0.1, 0.15) is 0 Å². The Morgan fingerprint density at radius 3 is 1.54 bits per heavy atom. The van der Waals surface area contributed by atoms with Crippen molar-refractivity contribution in [2.45, 2.75) is 24.7 Å². The Morgan fingerprint density at radius 2 is 0.889 bits per heavy atom. The molecule has 10 rings (SSSR count). The molecule has 0 radical (unpaired) electrons. The molecule has 0 fully saturated rings. The van der Waals surface area contributed by atoms with E-state index in [-0.39, 0.29) is 5.41 Å². The van der Waals surface area contributed by atoms with Crippen molar-refractivity contribution in [2.75, 3.05) is 4.90 Å². The number of hydrogen-bond donors (Lipinski definition) is 0. The van der Waals surface area contributed by atoms with Crippen LogP contribution < -0.4 is 4.90 Å². The van der Waals surface area contributed by atoms with Crippen molar-refractivity contribution in [3.63, 3.8) is 0 Å². The van der Waals surface area contributed by atoms with Crippen molar-refractivity contribution in [1.82, 2.24) is 4.57 Å². The van der Waals surface area contributed by atoms with Crippen LogP contribution in [0.15, 0.2) is 206 Å². The zero-order chi connectivity index (χ0) is 36.3. The number of aromatic nitrogens is 1. The largest absolute Gasteiger partial charge is 0.310 e. The van der Waals surface area contributed by atoms with Crippen LogP contribution in [0.2, 0.25) is 0 Å². The lowest BCUT2D eigenvalue weighted by Crippen LogP contribution is -2.31. The predicted molar refractivity (Wildman–Crippen MR) is 226 cm³/mol. The number of hydrogen-bond acceptors (Lipinski definition) is 1. The normalized spacial score (nSPS) is 13.5. The Kier molecular flexibility index (Phi) is 7.42. The number of rotatable bonds is 6.